The Labute approximate surface area is 103 Å². The number of methoxy groups -OCH3 is 1. The van der Waals surface area contributed by atoms with E-state index in [0.717, 1.165) is 6.42 Å². The largest absolute Gasteiger partial charge is 0.373 e. The van der Waals surface area contributed by atoms with Crippen molar-refractivity contribution in [2.45, 2.75) is 52.8 Å². The molecule has 1 aromatic rings. The summed E-state index contributed by atoms with van der Waals surface area (Å²) in [6.07, 6.45) is 0.976. The SMILES string of the molecule is CCC(C)NCc1nc(C(OC)C(C)C)no1. The van der Waals surface area contributed by atoms with Crippen LogP contribution in [0.5, 0.6) is 0 Å². The summed E-state index contributed by atoms with van der Waals surface area (Å²) in [5, 5.41) is 7.27. The maximum absolute atomic E-state index is 5.35. The lowest BCUT2D eigenvalue weighted by atomic mass is 10.1. The highest BCUT2D eigenvalue weighted by Crippen LogP contribution is 2.22. The fourth-order valence-corrected chi connectivity index (χ4v) is 1.54. The van der Waals surface area contributed by atoms with Crippen molar-refractivity contribution in [2.24, 2.45) is 5.92 Å². The minimum atomic E-state index is -0.101. The Bertz CT molecular complexity index is 325. The van der Waals surface area contributed by atoms with Gasteiger partial charge in [-0.25, -0.2) is 0 Å². The van der Waals surface area contributed by atoms with E-state index < -0.39 is 0 Å². The van der Waals surface area contributed by atoms with Crippen LogP contribution in [0.3, 0.4) is 0 Å². The van der Waals surface area contributed by atoms with Crippen LogP contribution in [-0.2, 0) is 11.3 Å². The van der Waals surface area contributed by atoms with E-state index in [4.69, 9.17) is 9.26 Å². The fraction of sp³-hybridized carbons (Fsp3) is 0.833. The summed E-state index contributed by atoms with van der Waals surface area (Å²) < 4.78 is 10.5. The molecule has 1 aromatic heterocycles. The van der Waals surface area contributed by atoms with Gasteiger partial charge >= 0.3 is 0 Å². The highest BCUT2D eigenvalue weighted by Gasteiger charge is 2.21. The van der Waals surface area contributed by atoms with Gasteiger partial charge in [0.05, 0.1) is 6.54 Å². The van der Waals surface area contributed by atoms with Crippen molar-refractivity contribution in [2.75, 3.05) is 7.11 Å². The van der Waals surface area contributed by atoms with Crippen LogP contribution >= 0.6 is 0 Å². The van der Waals surface area contributed by atoms with Gasteiger partial charge in [0.2, 0.25) is 11.7 Å². The van der Waals surface area contributed by atoms with Gasteiger partial charge in [0.25, 0.3) is 0 Å². The second-order valence-electron chi connectivity index (χ2n) is 4.64. The standard InChI is InChI=1S/C12H23N3O2/c1-6-9(4)13-7-10-14-12(15-17-10)11(16-5)8(2)3/h8-9,11,13H,6-7H2,1-5H3. The molecule has 0 saturated carbocycles. The number of hydrogen-bond donors (Lipinski definition) is 1. The smallest absolute Gasteiger partial charge is 0.240 e. The average Bonchev–Trinajstić information content (AvgIpc) is 2.75. The van der Waals surface area contributed by atoms with E-state index in [1.165, 1.54) is 0 Å². The minimum absolute atomic E-state index is 0.101. The van der Waals surface area contributed by atoms with E-state index in [-0.39, 0.29) is 6.10 Å². The van der Waals surface area contributed by atoms with Crippen LogP contribution in [0.15, 0.2) is 4.52 Å². The Hall–Kier alpha value is -0.940. The Morgan fingerprint density at radius 1 is 1.35 bits per heavy atom. The molecule has 17 heavy (non-hydrogen) atoms. The fourth-order valence-electron chi connectivity index (χ4n) is 1.54. The zero-order chi connectivity index (χ0) is 12.8. The molecule has 0 aliphatic rings. The van der Waals surface area contributed by atoms with Crippen LogP contribution in [0, 0.1) is 5.92 Å². The molecule has 2 unspecified atom stereocenters. The number of ether oxygens (including phenoxy) is 1. The van der Waals surface area contributed by atoms with Crippen LogP contribution in [0.25, 0.3) is 0 Å². The maximum atomic E-state index is 5.35. The first-order valence-electron chi connectivity index (χ1n) is 6.17. The molecule has 2 atom stereocenters. The van der Waals surface area contributed by atoms with Crippen LogP contribution < -0.4 is 5.32 Å². The summed E-state index contributed by atoms with van der Waals surface area (Å²) in [5.74, 6) is 1.57. The minimum Gasteiger partial charge on any atom is -0.373 e. The summed E-state index contributed by atoms with van der Waals surface area (Å²) in [6.45, 7) is 9.01. The third-order valence-electron chi connectivity index (χ3n) is 2.81. The van der Waals surface area contributed by atoms with Gasteiger partial charge in [0.1, 0.15) is 6.10 Å². The van der Waals surface area contributed by atoms with Gasteiger partial charge in [-0.1, -0.05) is 25.9 Å². The quantitative estimate of drug-likeness (QED) is 0.793. The Kier molecular flexibility index (Phi) is 5.58. The molecule has 0 radical (unpaired) electrons. The monoisotopic (exact) mass is 241 g/mol. The lowest BCUT2D eigenvalue weighted by Crippen LogP contribution is -2.24. The van der Waals surface area contributed by atoms with Gasteiger partial charge in [-0.05, 0) is 19.3 Å². The summed E-state index contributed by atoms with van der Waals surface area (Å²) in [4.78, 5) is 4.34. The van der Waals surface area contributed by atoms with E-state index in [9.17, 15) is 0 Å². The topological polar surface area (TPSA) is 60.2 Å². The molecular weight excluding hydrogens is 218 g/mol. The molecular formula is C12H23N3O2. The molecule has 0 saturated heterocycles. The van der Waals surface area contributed by atoms with E-state index in [0.29, 0.717) is 30.2 Å². The molecule has 1 rings (SSSR count). The molecule has 1 N–H and O–H groups in total. The van der Waals surface area contributed by atoms with Crippen LogP contribution in [-0.4, -0.2) is 23.3 Å². The first kappa shape index (κ1) is 14.1. The van der Waals surface area contributed by atoms with Gasteiger partial charge in [-0.3, -0.25) is 0 Å². The molecule has 5 nitrogen and oxygen atoms in total. The van der Waals surface area contributed by atoms with Crippen LogP contribution in [0.1, 0.15) is 51.9 Å². The molecule has 0 aliphatic carbocycles. The van der Waals surface area contributed by atoms with E-state index in [1.54, 1.807) is 7.11 Å². The zero-order valence-electron chi connectivity index (χ0n) is 11.4. The lowest BCUT2D eigenvalue weighted by Gasteiger charge is -2.14. The van der Waals surface area contributed by atoms with Crippen LogP contribution in [0.4, 0.5) is 0 Å². The van der Waals surface area contributed by atoms with Gasteiger partial charge in [-0.15, -0.1) is 0 Å². The number of nitrogens with zero attached hydrogens (tertiary/aromatic N) is 2. The number of aromatic nitrogens is 2. The van der Waals surface area contributed by atoms with Crippen LogP contribution in [0.2, 0.25) is 0 Å². The maximum Gasteiger partial charge on any atom is 0.240 e. The molecule has 0 aliphatic heterocycles. The lowest BCUT2D eigenvalue weighted by molar-refractivity contribution is 0.0555. The third kappa shape index (κ3) is 4.09. The number of hydrogen-bond acceptors (Lipinski definition) is 5. The summed E-state index contributed by atoms with van der Waals surface area (Å²) >= 11 is 0. The molecule has 98 valence electrons. The predicted molar refractivity (Wildman–Crippen MR) is 65.5 cm³/mol. The summed E-state index contributed by atoms with van der Waals surface area (Å²) in [6, 6.07) is 0.452. The molecule has 0 fully saturated rings. The molecule has 0 bridgehead atoms. The predicted octanol–water partition coefficient (Wildman–Crippen LogP) is 2.30. The van der Waals surface area contributed by atoms with Crippen molar-refractivity contribution in [1.82, 2.24) is 15.5 Å². The molecule has 5 heteroatoms. The molecule has 0 amide bonds. The van der Waals surface area contributed by atoms with Gasteiger partial charge in [-0.2, -0.15) is 4.98 Å². The molecule has 1 heterocycles. The first-order chi connectivity index (χ1) is 8.08. The highest BCUT2D eigenvalue weighted by atomic mass is 16.5. The van der Waals surface area contributed by atoms with Crippen molar-refractivity contribution in [1.29, 1.82) is 0 Å². The van der Waals surface area contributed by atoms with E-state index in [1.807, 2.05) is 0 Å². The number of nitrogens with one attached hydrogen (secondary N) is 1. The molecule has 0 spiro atoms. The zero-order valence-corrected chi connectivity index (χ0v) is 11.4. The first-order valence-corrected chi connectivity index (χ1v) is 6.17. The van der Waals surface area contributed by atoms with Crippen molar-refractivity contribution in [3.63, 3.8) is 0 Å². The Morgan fingerprint density at radius 3 is 2.59 bits per heavy atom. The summed E-state index contributed by atoms with van der Waals surface area (Å²) in [7, 11) is 1.66. The number of rotatable bonds is 7. The Balaban J connectivity index is 2.58. The van der Waals surface area contributed by atoms with Gasteiger partial charge in [0.15, 0.2) is 0 Å². The second-order valence-corrected chi connectivity index (χ2v) is 4.64. The van der Waals surface area contributed by atoms with Gasteiger partial charge < -0.3 is 14.6 Å². The second kappa shape index (κ2) is 6.71. The Morgan fingerprint density at radius 2 is 2.06 bits per heavy atom. The van der Waals surface area contributed by atoms with Crippen molar-refractivity contribution >= 4 is 0 Å². The van der Waals surface area contributed by atoms with Crippen molar-refractivity contribution < 1.29 is 9.26 Å². The normalized spacial score (nSPS) is 15.2. The summed E-state index contributed by atoms with van der Waals surface area (Å²) in [5.41, 5.74) is 0. The highest BCUT2D eigenvalue weighted by molar-refractivity contribution is 4.92. The van der Waals surface area contributed by atoms with Gasteiger partial charge in [0, 0.05) is 13.2 Å². The third-order valence-corrected chi connectivity index (χ3v) is 2.81. The van der Waals surface area contributed by atoms with E-state index >= 15 is 0 Å². The molecule has 0 aromatic carbocycles. The van der Waals surface area contributed by atoms with Crippen molar-refractivity contribution in [3.05, 3.63) is 11.7 Å². The van der Waals surface area contributed by atoms with Crippen molar-refractivity contribution in [3.8, 4) is 0 Å². The average molecular weight is 241 g/mol. The van der Waals surface area contributed by atoms with E-state index in [2.05, 4.69) is 43.2 Å².